The van der Waals surface area contributed by atoms with Crippen LogP contribution < -0.4 is 5.73 Å². The number of allylic oxidation sites excluding steroid dienone is 3. The highest BCUT2D eigenvalue weighted by Gasteiger charge is 2.40. The van der Waals surface area contributed by atoms with E-state index in [0.29, 0.717) is 5.92 Å². The Kier molecular flexibility index (Phi) is 7.88. The molecule has 32 heavy (non-hydrogen) atoms. The maximum atomic E-state index is 6.19. The van der Waals surface area contributed by atoms with Crippen LogP contribution in [0.1, 0.15) is 103 Å². The second-order valence-corrected chi connectivity index (χ2v) is 12.0. The molecule has 5 rings (SSSR count). The van der Waals surface area contributed by atoms with Crippen molar-refractivity contribution in [2.24, 2.45) is 52.2 Å². The van der Waals surface area contributed by atoms with Gasteiger partial charge in [-0.1, -0.05) is 49.8 Å². The van der Waals surface area contributed by atoms with E-state index in [2.05, 4.69) is 23.2 Å². The average Bonchev–Trinajstić information content (AvgIpc) is 3.38. The van der Waals surface area contributed by atoms with Crippen molar-refractivity contribution in [3.8, 4) is 0 Å². The van der Waals surface area contributed by atoms with Gasteiger partial charge >= 0.3 is 0 Å². The van der Waals surface area contributed by atoms with Crippen molar-refractivity contribution in [1.82, 2.24) is 0 Å². The molecule has 1 aliphatic heterocycles. The van der Waals surface area contributed by atoms with Gasteiger partial charge in [-0.05, 0) is 125 Å². The summed E-state index contributed by atoms with van der Waals surface area (Å²) < 4.78 is 0. The molecule has 0 aromatic carbocycles. The number of nitrogens with two attached hydrogens (primary N) is 1. The summed E-state index contributed by atoms with van der Waals surface area (Å²) in [4.78, 5) is 4.60. The van der Waals surface area contributed by atoms with Gasteiger partial charge in [-0.2, -0.15) is 0 Å². The van der Waals surface area contributed by atoms with E-state index in [-0.39, 0.29) is 0 Å². The van der Waals surface area contributed by atoms with Crippen LogP contribution in [0, 0.1) is 41.4 Å². The third-order valence-corrected chi connectivity index (χ3v) is 10.3. The number of fused-ring (bicyclic) bond motifs is 1. The fourth-order valence-corrected chi connectivity index (χ4v) is 8.49. The molecule has 5 aliphatic rings. The predicted octanol–water partition coefficient (Wildman–Crippen LogP) is 7.49. The fraction of sp³-hybridized carbons (Fsp3) is 0.833. The molecule has 0 saturated heterocycles. The minimum absolute atomic E-state index is 0.529. The van der Waals surface area contributed by atoms with E-state index in [1.165, 1.54) is 76.3 Å². The molecule has 5 atom stereocenters. The Bertz CT molecular complexity index is 694. The lowest BCUT2D eigenvalue weighted by atomic mass is 9.59. The Morgan fingerprint density at radius 2 is 1.59 bits per heavy atom. The molecule has 2 N–H and O–H groups in total. The second-order valence-electron chi connectivity index (χ2n) is 12.0. The summed E-state index contributed by atoms with van der Waals surface area (Å²) in [7, 11) is 0. The molecule has 2 nitrogen and oxygen atoms in total. The van der Waals surface area contributed by atoms with E-state index >= 15 is 0 Å². The van der Waals surface area contributed by atoms with E-state index in [9.17, 15) is 0 Å². The topological polar surface area (TPSA) is 38.4 Å². The van der Waals surface area contributed by atoms with Crippen molar-refractivity contribution in [3.05, 3.63) is 23.8 Å². The third-order valence-electron chi connectivity index (χ3n) is 10.3. The van der Waals surface area contributed by atoms with E-state index < -0.39 is 0 Å². The average molecular weight is 437 g/mol. The molecule has 3 fully saturated rings. The van der Waals surface area contributed by atoms with E-state index in [4.69, 9.17) is 5.73 Å². The van der Waals surface area contributed by atoms with Gasteiger partial charge in [-0.25, -0.2) is 0 Å². The van der Waals surface area contributed by atoms with Crippen molar-refractivity contribution < 1.29 is 0 Å². The van der Waals surface area contributed by atoms with Gasteiger partial charge in [0.2, 0.25) is 0 Å². The molecule has 0 aromatic heterocycles. The summed E-state index contributed by atoms with van der Waals surface area (Å²) in [5.74, 6) is 6.51. The molecule has 4 aliphatic carbocycles. The highest BCUT2D eigenvalue weighted by atomic mass is 14.8. The van der Waals surface area contributed by atoms with Gasteiger partial charge in [0.15, 0.2) is 0 Å². The summed E-state index contributed by atoms with van der Waals surface area (Å²) in [5, 5.41) is 0. The Balaban J connectivity index is 1.12. The molecule has 0 bridgehead atoms. The number of nitrogens with zero attached hydrogens (tertiary/aromatic N) is 1. The van der Waals surface area contributed by atoms with Crippen molar-refractivity contribution in [3.63, 3.8) is 0 Å². The molecule has 0 amide bonds. The number of hydrogen-bond acceptors (Lipinski definition) is 2. The first-order valence-corrected chi connectivity index (χ1v) is 14.4. The smallest absolute Gasteiger partial charge is 0.0396 e. The summed E-state index contributed by atoms with van der Waals surface area (Å²) in [5.41, 5.74) is 9.30. The third kappa shape index (κ3) is 5.26. The Morgan fingerprint density at radius 3 is 2.31 bits per heavy atom. The summed E-state index contributed by atoms with van der Waals surface area (Å²) >= 11 is 0. The van der Waals surface area contributed by atoms with Crippen molar-refractivity contribution in [2.75, 3.05) is 13.1 Å². The van der Waals surface area contributed by atoms with Crippen molar-refractivity contribution in [2.45, 2.75) is 103 Å². The van der Waals surface area contributed by atoms with Crippen LogP contribution in [-0.4, -0.2) is 18.8 Å². The highest BCUT2D eigenvalue weighted by Crippen LogP contribution is 2.51. The zero-order valence-electron chi connectivity index (χ0n) is 20.5. The SMILES string of the molecule is NCC(/C=C/C1=NCCC1)[C@@H]1CC=C(C2CCC([C@@H]3CCCC4CCCCC43)CC2)CC1. The zero-order valence-corrected chi connectivity index (χ0v) is 20.5. The second kappa shape index (κ2) is 11.0. The standard InChI is InChI=1S/C30H48N2/c31-21-27(18-19-28-7-4-20-32-28)24-12-10-22(11-13-24)23-14-16-26(17-15-23)30-9-3-6-25-5-1-2-8-29(25)30/h10,18-19,23-27,29-30H,1-9,11-17,20-21,31H2/b19-18+/t23?,24-,25?,26?,27?,29?,30+/m1/s1. The van der Waals surface area contributed by atoms with Gasteiger partial charge in [0.1, 0.15) is 0 Å². The maximum absolute atomic E-state index is 6.19. The minimum Gasteiger partial charge on any atom is -0.330 e. The van der Waals surface area contributed by atoms with E-state index in [0.717, 1.165) is 55.0 Å². The van der Waals surface area contributed by atoms with E-state index in [1.54, 1.807) is 25.7 Å². The van der Waals surface area contributed by atoms with Crippen LogP contribution in [0.4, 0.5) is 0 Å². The van der Waals surface area contributed by atoms with Crippen LogP contribution in [-0.2, 0) is 0 Å². The first-order valence-electron chi connectivity index (χ1n) is 14.4. The monoisotopic (exact) mass is 436 g/mol. The lowest BCUT2D eigenvalue weighted by Crippen LogP contribution is -2.36. The van der Waals surface area contributed by atoms with Crippen LogP contribution in [0.25, 0.3) is 0 Å². The van der Waals surface area contributed by atoms with Gasteiger partial charge in [-0.3, -0.25) is 4.99 Å². The minimum atomic E-state index is 0.529. The van der Waals surface area contributed by atoms with E-state index in [1.807, 2.05) is 5.57 Å². The molecule has 3 unspecified atom stereocenters. The first kappa shape index (κ1) is 22.9. The molecule has 2 heteroatoms. The number of rotatable bonds is 6. The summed E-state index contributed by atoms with van der Waals surface area (Å²) in [6.07, 6.45) is 30.5. The van der Waals surface area contributed by atoms with Gasteiger partial charge in [0.05, 0.1) is 0 Å². The largest absolute Gasteiger partial charge is 0.330 e. The van der Waals surface area contributed by atoms with Crippen molar-refractivity contribution in [1.29, 1.82) is 0 Å². The van der Waals surface area contributed by atoms with Gasteiger partial charge in [0.25, 0.3) is 0 Å². The normalized spacial score (nSPS) is 39.4. The van der Waals surface area contributed by atoms with Crippen LogP contribution in [0.3, 0.4) is 0 Å². The Morgan fingerprint density at radius 1 is 0.844 bits per heavy atom. The maximum Gasteiger partial charge on any atom is 0.0396 e. The van der Waals surface area contributed by atoms with Gasteiger partial charge < -0.3 is 5.73 Å². The van der Waals surface area contributed by atoms with Crippen LogP contribution in [0.15, 0.2) is 28.8 Å². The molecule has 3 saturated carbocycles. The zero-order chi connectivity index (χ0) is 21.8. The van der Waals surface area contributed by atoms with Crippen LogP contribution in [0.5, 0.6) is 0 Å². The molecule has 0 aromatic rings. The molecule has 178 valence electrons. The fourth-order valence-electron chi connectivity index (χ4n) is 8.49. The quantitative estimate of drug-likeness (QED) is 0.430. The van der Waals surface area contributed by atoms with Crippen LogP contribution in [0.2, 0.25) is 0 Å². The molecular weight excluding hydrogens is 388 g/mol. The first-order chi connectivity index (χ1) is 15.8. The molecule has 0 spiro atoms. The predicted molar refractivity (Wildman–Crippen MR) is 137 cm³/mol. The Hall–Kier alpha value is -0.890. The highest BCUT2D eigenvalue weighted by molar-refractivity contribution is 5.95. The molecular formula is C30H48N2. The number of hydrogen-bond donors (Lipinski definition) is 1. The van der Waals surface area contributed by atoms with Crippen molar-refractivity contribution >= 4 is 5.71 Å². The lowest BCUT2D eigenvalue weighted by molar-refractivity contribution is 0.0452. The van der Waals surface area contributed by atoms with Crippen LogP contribution >= 0.6 is 0 Å². The van der Waals surface area contributed by atoms with Gasteiger partial charge in [0, 0.05) is 12.3 Å². The lowest BCUT2D eigenvalue weighted by Gasteiger charge is -2.46. The molecule has 0 radical (unpaired) electrons. The van der Waals surface area contributed by atoms with Gasteiger partial charge in [-0.15, -0.1) is 0 Å². The molecule has 1 heterocycles. The summed E-state index contributed by atoms with van der Waals surface area (Å²) in [6, 6.07) is 0. The summed E-state index contributed by atoms with van der Waals surface area (Å²) in [6.45, 7) is 1.80. The Labute approximate surface area is 197 Å². The number of aliphatic imine (C=N–C) groups is 1.